The molecule has 100 valence electrons. The summed E-state index contributed by atoms with van der Waals surface area (Å²) in [6.45, 7) is 6.38. The lowest BCUT2D eigenvalue weighted by Gasteiger charge is -2.25. The summed E-state index contributed by atoms with van der Waals surface area (Å²) in [7, 11) is 0. The number of nitrogens with zero attached hydrogens (tertiary/aromatic N) is 2. The van der Waals surface area contributed by atoms with E-state index in [1.807, 2.05) is 18.2 Å². The predicted molar refractivity (Wildman–Crippen MR) is 79.4 cm³/mol. The summed E-state index contributed by atoms with van der Waals surface area (Å²) in [4.78, 5) is 2.33. The van der Waals surface area contributed by atoms with E-state index in [0.29, 0.717) is 5.56 Å². The van der Waals surface area contributed by atoms with Crippen molar-refractivity contribution in [2.75, 3.05) is 18.0 Å². The average Bonchev–Trinajstić information content (AvgIpc) is 2.37. The second kappa shape index (κ2) is 7.26. The quantitative estimate of drug-likeness (QED) is 0.367. The first-order valence-electron chi connectivity index (χ1n) is 6.16. The number of oxime groups is 1. The number of rotatable bonds is 6. The zero-order chi connectivity index (χ0) is 13.5. The molecule has 0 saturated carbocycles. The molecule has 0 heterocycles. The smallest absolute Gasteiger partial charge is 0.170 e. The molecule has 3 N–H and O–H groups in total. The van der Waals surface area contributed by atoms with Crippen molar-refractivity contribution in [2.24, 2.45) is 10.9 Å². The van der Waals surface area contributed by atoms with E-state index in [4.69, 9.17) is 10.9 Å². The van der Waals surface area contributed by atoms with Crippen LogP contribution in [0.3, 0.4) is 0 Å². The van der Waals surface area contributed by atoms with E-state index in [-0.39, 0.29) is 5.84 Å². The molecule has 0 fully saturated rings. The van der Waals surface area contributed by atoms with Gasteiger partial charge in [0.2, 0.25) is 0 Å². The highest BCUT2D eigenvalue weighted by Gasteiger charge is 2.10. The first-order chi connectivity index (χ1) is 8.63. The van der Waals surface area contributed by atoms with Crippen LogP contribution in [-0.2, 0) is 0 Å². The van der Waals surface area contributed by atoms with Gasteiger partial charge in [0.25, 0.3) is 0 Å². The largest absolute Gasteiger partial charge is 0.409 e. The molecule has 0 radical (unpaired) electrons. The van der Waals surface area contributed by atoms with Gasteiger partial charge in [-0.15, -0.1) is 0 Å². The summed E-state index contributed by atoms with van der Waals surface area (Å²) in [5, 5.41) is 11.7. The Hall–Kier alpha value is -1.23. The molecule has 5 heteroatoms. The Bertz CT molecular complexity index is 415. The normalized spacial score (nSPS) is 11.6. The van der Waals surface area contributed by atoms with E-state index >= 15 is 0 Å². The number of halogens is 1. The lowest BCUT2D eigenvalue weighted by atomic mass is 10.1. The van der Waals surface area contributed by atoms with Crippen LogP contribution < -0.4 is 10.6 Å². The highest BCUT2D eigenvalue weighted by atomic mass is 79.9. The third kappa shape index (κ3) is 3.63. The van der Waals surface area contributed by atoms with Gasteiger partial charge in [0.1, 0.15) is 0 Å². The van der Waals surface area contributed by atoms with Gasteiger partial charge < -0.3 is 15.8 Å². The molecule has 0 atom stereocenters. The molecule has 0 spiro atoms. The second-order valence-corrected chi connectivity index (χ2v) is 4.99. The van der Waals surface area contributed by atoms with Crippen molar-refractivity contribution >= 4 is 27.5 Å². The number of amidine groups is 1. The number of nitrogens with two attached hydrogens (primary N) is 1. The lowest BCUT2D eigenvalue weighted by molar-refractivity contribution is 0.318. The zero-order valence-electron chi connectivity index (χ0n) is 10.9. The van der Waals surface area contributed by atoms with Crippen LogP contribution >= 0.6 is 15.9 Å². The van der Waals surface area contributed by atoms with Gasteiger partial charge in [-0.3, -0.25) is 0 Å². The van der Waals surface area contributed by atoms with Crippen molar-refractivity contribution in [3.8, 4) is 0 Å². The third-order valence-corrected chi connectivity index (χ3v) is 3.31. The van der Waals surface area contributed by atoms with Crippen LogP contribution in [0.4, 0.5) is 5.69 Å². The van der Waals surface area contributed by atoms with Crippen LogP contribution in [0.15, 0.2) is 27.8 Å². The van der Waals surface area contributed by atoms with E-state index in [0.717, 1.165) is 36.1 Å². The van der Waals surface area contributed by atoms with Crippen LogP contribution in [0.1, 0.15) is 32.3 Å². The van der Waals surface area contributed by atoms with E-state index in [1.54, 1.807) is 0 Å². The molecule has 0 amide bonds. The van der Waals surface area contributed by atoms with Gasteiger partial charge in [0, 0.05) is 23.1 Å². The second-order valence-electron chi connectivity index (χ2n) is 4.14. The molecule has 1 rings (SSSR count). The van der Waals surface area contributed by atoms with Gasteiger partial charge in [0.05, 0.1) is 5.69 Å². The van der Waals surface area contributed by atoms with Crippen molar-refractivity contribution in [3.05, 3.63) is 28.2 Å². The summed E-state index contributed by atoms with van der Waals surface area (Å²) < 4.78 is 0.966. The Labute approximate surface area is 117 Å². The first-order valence-corrected chi connectivity index (χ1v) is 6.95. The van der Waals surface area contributed by atoms with Gasteiger partial charge in [-0.05, 0) is 47.0 Å². The maximum absolute atomic E-state index is 8.66. The van der Waals surface area contributed by atoms with Crippen molar-refractivity contribution in [2.45, 2.75) is 26.7 Å². The molecule has 0 aliphatic carbocycles. The monoisotopic (exact) mass is 313 g/mol. The Balaban J connectivity index is 3.02. The van der Waals surface area contributed by atoms with Crippen LogP contribution in [-0.4, -0.2) is 24.1 Å². The van der Waals surface area contributed by atoms with Gasteiger partial charge in [0.15, 0.2) is 5.84 Å². The fourth-order valence-electron chi connectivity index (χ4n) is 1.87. The van der Waals surface area contributed by atoms with E-state index in [9.17, 15) is 0 Å². The molecule has 0 aliphatic rings. The number of benzene rings is 1. The molecule has 0 unspecified atom stereocenters. The van der Waals surface area contributed by atoms with Gasteiger partial charge in [-0.2, -0.15) is 0 Å². The number of anilines is 1. The minimum atomic E-state index is 0.125. The number of hydrogen-bond donors (Lipinski definition) is 2. The van der Waals surface area contributed by atoms with Crippen molar-refractivity contribution in [3.63, 3.8) is 0 Å². The molecule has 0 saturated heterocycles. The van der Waals surface area contributed by atoms with Crippen molar-refractivity contribution in [1.29, 1.82) is 0 Å². The van der Waals surface area contributed by atoms with E-state index < -0.39 is 0 Å². The van der Waals surface area contributed by atoms with Crippen LogP contribution in [0.25, 0.3) is 0 Å². The fraction of sp³-hybridized carbons (Fsp3) is 0.462. The fourth-order valence-corrected chi connectivity index (χ4v) is 2.50. The Kier molecular flexibility index (Phi) is 5.98. The molecule has 1 aromatic carbocycles. The van der Waals surface area contributed by atoms with Crippen molar-refractivity contribution < 1.29 is 5.21 Å². The molecule has 0 aromatic heterocycles. The molecular formula is C13H20BrN3O. The Morgan fingerprint density at radius 2 is 1.94 bits per heavy atom. The third-order valence-electron chi connectivity index (χ3n) is 2.68. The SMILES string of the molecule is CCCN(CCC)c1ccc(/C(N)=N/O)cc1Br. The highest BCUT2D eigenvalue weighted by molar-refractivity contribution is 9.10. The lowest BCUT2D eigenvalue weighted by Crippen LogP contribution is -2.25. The molecular weight excluding hydrogens is 294 g/mol. The summed E-state index contributed by atoms with van der Waals surface area (Å²) in [5.74, 6) is 0.125. The minimum Gasteiger partial charge on any atom is -0.409 e. The molecule has 0 bridgehead atoms. The maximum atomic E-state index is 8.66. The topological polar surface area (TPSA) is 61.8 Å². The van der Waals surface area contributed by atoms with E-state index in [1.165, 1.54) is 0 Å². The maximum Gasteiger partial charge on any atom is 0.170 e. The molecule has 1 aromatic rings. The number of hydrogen-bond acceptors (Lipinski definition) is 3. The predicted octanol–water partition coefficient (Wildman–Crippen LogP) is 3.17. The summed E-state index contributed by atoms with van der Waals surface area (Å²) in [5.41, 5.74) is 7.43. The standard InChI is InChI=1S/C13H20BrN3O/c1-3-7-17(8-4-2)12-6-5-10(9-11(12)14)13(15)16-18/h5-6,9,18H,3-4,7-8H2,1-2H3,(H2,15,16). The Morgan fingerprint density at radius 3 is 2.39 bits per heavy atom. The van der Waals surface area contributed by atoms with Crippen LogP contribution in [0.2, 0.25) is 0 Å². The molecule has 4 nitrogen and oxygen atoms in total. The van der Waals surface area contributed by atoms with E-state index in [2.05, 4.69) is 39.8 Å². The molecule has 0 aliphatic heterocycles. The van der Waals surface area contributed by atoms with Gasteiger partial charge in [-0.25, -0.2) is 0 Å². The summed E-state index contributed by atoms with van der Waals surface area (Å²) >= 11 is 3.55. The average molecular weight is 314 g/mol. The van der Waals surface area contributed by atoms with Crippen LogP contribution in [0.5, 0.6) is 0 Å². The summed E-state index contributed by atoms with van der Waals surface area (Å²) in [6.07, 6.45) is 2.21. The summed E-state index contributed by atoms with van der Waals surface area (Å²) in [6, 6.07) is 5.75. The first kappa shape index (κ1) is 14.8. The van der Waals surface area contributed by atoms with Gasteiger partial charge in [-0.1, -0.05) is 19.0 Å². The highest BCUT2D eigenvalue weighted by Crippen LogP contribution is 2.27. The van der Waals surface area contributed by atoms with Crippen LogP contribution in [0, 0.1) is 0 Å². The van der Waals surface area contributed by atoms with Crippen molar-refractivity contribution in [1.82, 2.24) is 0 Å². The van der Waals surface area contributed by atoms with Gasteiger partial charge >= 0.3 is 0 Å². The Morgan fingerprint density at radius 1 is 1.33 bits per heavy atom. The minimum absolute atomic E-state index is 0.125. The molecule has 18 heavy (non-hydrogen) atoms. The zero-order valence-corrected chi connectivity index (χ0v) is 12.4.